The Labute approximate surface area is 181 Å². The van der Waals surface area contributed by atoms with Gasteiger partial charge in [-0.25, -0.2) is 4.98 Å². The molecule has 162 valence electrons. The Kier molecular flexibility index (Phi) is 6.62. The predicted octanol–water partition coefficient (Wildman–Crippen LogP) is 1.40. The zero-order valence-corrected chi connectivity index (χ0v) is 17.8. The molecule has 1 aliphatic rings. The van der Waals surface area contributed by atoms with Crippen molar-refractivity contribution in [2.45, 2.75) is 31.7 Å². The number of carbonyl (C=O) groups is 1. The fourth-order valence-electron chi connectivity index (χ4n) is 4.40. The zero-order chi connectivity index (χ0) is 21.6. The smallest absolute Gasteiger partial charge is 0.258 e. The van der Waals surface area contributed by atoms with Gasteiger partial charge in [0, 0.05) is 25.7 Å². The number of amides is 1. The van der Waals surface area contributed by atoms with Crippen LogP contribution in [0.5, 0.6) is 5.75 Å². The number of ether oxygens (including phenoxy) is 1. The molecule has 2 heterocycles. The first kappa shape index (κ1) is 21.1. The number of rotatable bonds is 8. The van der Waals surface area contributed by atoms with E-state index >= 15 is 0 Å². The summed E-state index contributed by atoms with van der Waals surface area (Å²) in [6, 6.07) is 15.4. The first-order valence-electron chi connectivity index (χ1n) is 10.9. The Balaban J connectivity index is 1.41. The number of nitrogens with zero attached hydrogens (tertiary/aromatic N) is 1. The molecule has 0 spiro atoms. The van der Waals surface area contributed by atoms with E-state index < -0.39 is 0 Å². The van der Waals surface area contributed by atoms with Crippen molar-refractivity contribution in [2.75, 3.05) is 26.7 Å². The molecule has 31 heavy (non-hydrogen) atoms. The molecule has 0 unspecified atom stereocenters. The second-order valence-corrected chi connectivity index (χ2v) is 7.99. The van der Waals surface area contributed by atoms with E-state index in [2.05, 4.69) is 21.4 Å². The normalized spacial score (nSPS) is 15.1. The highest BCUT2D eigenvalue weighted by Gasteiger charge is 2.29. The molecule has 0 saturated carbocycles. The van der Waals surface area contributed by atoms with E-state index in [0.29, 0.717) is 29.7 Å². The van der Waals surface area contributed by atoms with E-state index in [1.807, 2.05) is 36.4 Å². The van der Waals surface area contributed by atoms with Gasteiger partial charge in [0.15, 0.2) is 0 Å². The second kappa shape index (κ2) is 9.75. The molecule has 7 heteroatoms. The van der Waals surface area contributed by atoms with Crippen LogP contribution in [0.3, 0.4) is 0 Å². The quantitative estimate of drug-likeness (QED) is 0.513. The van der Waals surface area contributed by atoms with Crippen LogP contribution in [0.25, 0.3) is 10.9 Å². The van der Waals surface area contributed by atoms with E-state index in [1.54, 1.807) is 13.2 Å². The van der Waals surface area contributed by atoms with Gasteiger partial charge in [-0.05, 0) is 24.3 Å². The standard InChI is InChI=1S/C24H28N4O3/c1-31-21-11-5-3-9-18(21)20(28-14-6-7-15-28)16-25-23(29)13-12-22-26-19-10-4-2-8-17(19)24(30)27-22/h2-5,8-11,20H,6-7,12-16H2,1H3,(H,25,29)(H,26,27,30)/p+1/t20-/m0/s1. The van der Waals surface area contributed by atoms with Gasteiger partial charge in [0.2, 0.25) is 5.91 Å². The van der Waals surface area contributed by atoms with Gasteiger partial charge in [-0.1, -0.05) is 24.3 Å². The fourth-order valence-corrected chi connectivity index (χ4v) is 4.40. The minimum Gasteiger partial charge on any atom is -0.496 e. The molecule has 4 rings (SSSR count). The third-order valence-corrected chi connectivity index (χ3v) is 6.01. The number of H-pyrrole nitrogens is 1. The highest BCUT2D eigenvalue weighted by Crippen LogP contribution is 2.23. The number of quaternary nitrogens is 1. The number of aryl methyl sites for hydroxylation is 1. The van der Waals surface area contributed by atoms with Crippen molar-refractivity contribution in [2.24, 2.45) is 0 Å². The lowest BCUT2D eigenvalue weighted by molar-refractivity contribution is -0.918. The van der Waals surface area contributed by atoms with E-state index in [1.165, 1.54) is 17.7 Å². The maximum Gasteiger partial charge on any atom is 0.258 e. The van der Waals surface area contributed by atoms with Gasteiger partial charge in [0.05, 0.1) is 43.2 Å². The SMILES string of the molecule is COc1ccccc1[C@H](CNC(=O)CCc1nc2ccccc2c(=O)[nH]1)[NH+]1CCCC1. The molecule has 1 saturated heterocycles. The zero-order valence-electron chi connectivity index (χ0n) is 17.8. The van der Waals surface area contributed by atoms with E-state index in [-0.39, 0.29) is 23.9 Å². The number of aromatic nitrogens is 2. The summed E-state index contributed by atoms with van der Waals surface area (Å²) in [6.45, 7) is 2.75. The molecule has 0 radical (unpaired) electrons. The Bertz CT molecular complexity index is 1110. The fraction of sp³-hybridized carbons (Fsp3) is 0.375. The number of likely N-dealkylation sites (tertiary alicyclic amines) is 1. The van der Waals surface area contributed by atoms with Gasteiger partial charge in [0.1, 0.15) is 17.6 Å². The highest BCUT2D eigenvalue weighted by atomic mass is 16.5. The summed E-state index contributed by atoms with van der Waals surface area (Å²) in [5.41, 5.74) is 1.60. The molecular weight excluding hydrogens is 392 g/mol. The third-order valence-electron chi connectivity index (χ3n) is 6.01. The van der Waals surface area contributed by atoms with Crippen molar-refractivity contribution >= 4 is 16.8 Å². The number of hydrogen-bond acceptors (Lipinski definition) is 4. The van der Waals surface area contributed by atoms with Crippen LogP contribution in [-0.4, -0.2) is 42.6 Å². The summed E-state index contributed by atoms with van der Waals surface area (Å²) in [6.07, 6.45) is 3.07. The minimum absolute atomic E-state index is 0.0469. The van der Waals surface area contributed by atoms with Gasteiger partial charge >= 0.3 is 0 Å². The molecule has 3 N–H and O–H groups in total. The number of benzene rings is 2. The van der Waals surface area contributed by atoms with Gasteiger partial charge in [-0.2, -0.15) is 0 Å². The summed E-state index contributed by atoms with van der Waals surface area (Å²) in [4.78, 5) is 33.6. The summed E-state index contributed by atoms with van der Waals surface area (Å²) < 4.78 is 5.58. The van der Waals surface area contributed by atoms with E-state index in [4.69, 9.17) is 4.74 Å². The number of para-hydroxylation sites is 2. The van der Waals surface area contributed by atoms with Gasteiger partial charge < -0.3 is 19.9 Å². The van der Waals surface area contributed by atoms with Crippen molar-refractivity contribution < 1.29 is 14.4 Å². The largest absolute Gasteiger partial charge is 0.496 e. The first-order chi connectivity index (χ1) is 15.2. The molecule has 2 aromatic carbocycles. The van der Waals surface area contributed by atoms with Crippen LogP contribution < -0.4 is 20.5 Å². The third kappa shape index (κ3) is 4.94. The summed E-state index contributed by atoms with van der Waals surface area (Å²) in [5, 5.41) is 3.66. The Morgan fingerprint density at radius 1 is 1.16 bits per heavy atom. The topological polar surface area (TPSA) is 88.5 Å². The van der Waals surface area contributed by atoms with E-state index in [0.717, 1.165) is 24.4 Å². The Hall–Kier alpha value is -3.19. The average Bonchev–Trinajstić information content (AvgIpc) is 3.33. The summed E-state index contributed by atoms with van der Waals surface area (Å²) >= 11 is 0. The second-order valence-electron chi connectivity index (χ2n) is 7.99. The first-order valence-corrected chi connectivity index (χ1v) is 10.9. The molecule has 0 bridgehead atoms. The number of aromatic amines is 1. The predicted molar refractivity (Wildman–Crippen MR) is 119 cm³/mol. The van der Waals surface area contributed by atoms with Crippen molar-refractivity contribution in [1.29, 1.82) is 0 Å². The molecule has 1 atom stereocenters. The maximum atomic E-state index is 12.6. The number of methoxy groups -OCH3 is 1. The van der Waals surface area contributed by atoms with Gasteiger partial charge in [0.25, 0.3) is 5.56 Å². The van der Waals surface area contributed by atoms with Crippen molar-refractivity contribution in [3.8, 4) is 5.75 Å². The number of hydrogen-bond donors (Lipinski definition) is 3. The lowest BCUT2D eigenvalue weighted by atomic mass is 10.0. The number of carbonyl (C=O) groups excluding carboxylic acids is 1. The molecule has 0 aliphatic carbocycles. The van der Waals surface area contributed by atoms with Crippen molar-refractivity contribution in [1.82, 2.24) is 15.3 Å². The molecule has 7 nitrogen and oxygen atoms in total. The lowest BCUT2D eigenvalue weighted by Gasteiger charge is -2.26. The van der Waals surface area contributed by atoms with Gasteiger partial charge in [-0.3, -0.25) is 9.59 Å². The average molecular weight is 422 g/mol. The van der Waals surface area contributed by atoms with E-state index in [9.17, 15) is 9.59 Å². The summed E-state index contributed by atoms with van der Waals surface area (Å²) in [7, 11) is 1.69. The van der Waals surface area contributed by atoms with Crippen molar-refractivity contribution in [3.63, 3.8) is 0 Å². The maximum absolute atomic E-state index is 12.6. The number of nitrogens with one attached hydrogen (secondary N) is 3. The Morgan fingerprint density at radius 2 is 1.90 bits per heavy atom. The van der Waals surface area contributed by atoms with Crippen LogP contribution in [0, 0.1) is 0 Å². The van der Waals surface area contributed by atoms with Gasteiger partial charge in [-0.15, -0.1) is 0 Å². The van der Waals surface area contributed by atoms with Crippen LogP contribution >= 0.6 is 0 Å². The molecule has 1 amide bonds. The lowest BCUT2D eigenvalue weighted by Crippen LogP contribution is -3.11. The van der Waals surface area contributed by atoms with Crippen LogP contribution in [0.2, 0.25) is 0 Å². The molecule has 1 aromatic heterocycles. The molecule has 1 aliphatic heterocycles. The Morgan fingerprint density at radius 3 is 2.71 bits per heavy atom. The van der Waals surface area contributed by atoms with Crippen LogP contribution in [-0.2, 0) is 11.2 Å². The van der Waals surface area contributed by atoms with Crippen LogP contribution in [0.15, 0.2) is 53.3 Å². The highest BCUT2D eigenvalue weighted by molar-refractivity contribution is 5.78. The molecule has 1 fully saturated rings. The molecule has 3 aromatic rings. The van der Waals surface area contributed by atoms with Crippen LogP contribution in [0.1, 0.15) is 36.7 Å². The number of fused-ring (bicyclic) bond motifs is 1. The summed E-state index contributed by atoms with van der Waals surface area (Å²) in [5.74, 6) is 1.35. The monoisotopic (exact) mass is 421 g/mol. The molecular formula is C24H29N4O3+. The minimum atomic E-state index is -0.171. The van der Waals surface area contributed by atoms with Crippen LogP contribution in [0.4, 0.5) is 0 Å². The van der Waals surface area contributed by atoms with Crippen molar-refractivity contribution in [3.05, 3.63) is 70.3 Å².